The summed E-state index contributed by atoms with van der Waals surface area (Å²) in [6, 6.07) is 0. The number of nitrogens with two attached hydrogens (primary N) is 1. The fourth-order valence-corrected chi connectivity index (χ4v) is 5.13. The molecule has 0 aromatic heterocycles. The highest BCUT2D eigenvalue weighted by atomic mass is 16.5. The van der Waals surface area contributed by atoms with Gasteiger partial charge in [-0.25, -0.2) is 0 Å². The Balaban J connectivity index is 1.62. The van der Waals surface area contributed by atoms with E-state index in [9.17, 15) is 0 Å². The minimum Gasteiger partial charge on any atom is -0.377 e. The SMILES string of the molecule is CN(CC1CCCC1)CC1(N)C2CCCOC2C1(C)C. The van der Waals surface area contributed by atoms with Gasteiger partial charge in [-0.2, -0.15) is 0 Å². The zero-order valence-electron chi connectivity index (χ0n) is 13.5. The summed E-state index contributed by atoms with van der Waals surface area (Å²) >= 11 is 0. The van der Waals surface area contributed by atoms with Crippen LogP contribution in [-0.4, -0.2) is 43.3 Å². The van der Waals surface area contributed by atoms with Crippen LogP contribution in [-0.2, 0) is 4.74 Å². The Labute approximate surface area is 124 Å². The summed E-state index contributed by atoms with van der Waals surface area (Å²) in [5.74, 6) is 1.47. The Hall–Kier alpha value is -0.120. The lowest BCUT2D eigenvalue weighted by atomic mass is 9.46. The van der Waals surface area contributed by atoms with Crippen molar-refractivity contribution in [3.63, 3.8) is 0 Å². The van der Waals surface area contributed by atoms with Crippen molar-refractivity contribution in [3.05, 3.63) is 0 Å². The molecule has 0 amide bonds. The minimum absolute atomic E-state index is 0.0640. The quantitative estimate of drug-likeness (QED) is 0.860. The van der Waals surface area contributed by atoms with Crippen LogP contribution >= 0.6 is 0 Å². The van der Waals surface area contributed by atoms with Crippen molar-refractivity contribution in [2.45, 2.75) is 64.0 Å². The van der Waals surface area contributed by atoms with E-state index in [4.69, 9.17) is 10.5 Å². The Morgan fingerprint density at radius 3 is 2.55 bits per heavy atom. The van der Waals surface area contributed by atoms with Gasteiger partial charge in [-0.05, 0) is 38.6 Å². The molecule has 0 aromatic rings. The van der Waals surface area contributed by atoms with Crippen LogP contribution in [0.4, 0.5) is 0 Å². The summed E-state index contributed by atoms with van der Waals surface area (Å²) in [7, 11) is 2.26. The summed E-state index contributed by atoms with van der Waals surface area (Å²) < 4.78 is 6.00. The minimum atomic E-state index is -0.0640. The van der Waals surface area contributed by atoms with E-state index in [1.165, 1.54) is 45.1 Å². The van der Waals surface area contributed by atoms with Crippen LogP contribution in [0.5, 0.6) is 0 Å². The van der Waals surface area contributed by atoms with Gasteiger partial charge in [-0.1, -0.05) is 26.7 Å². The van der Waals surface area contributed by atoms with Crippen molar-refractivity contribution in [3.8, 4) is 0 Å². The molecule has 1 heterocycles. The van der Waals surface area contributed by atoms with Crippen LogP contribution in [0.2, 0.25) is 0 Å². The molecule has 1 saturated heterocycles. The van der Waals surface area contributed by atoms with Gasteiger partial charge in [0.05, 0.1) is 6.10 Å². The predicted molar refractivity (Wildman–Crippen MR) is 82.6 cm³/mol. The number of likely N-dealkylation sites (N-methyl/N-ethyl adjacent to an activating group) is 1. The molecule has 0 radical (unpaired) electrons. The molecule has 3 rings (SSSR count). The fourth-order valence-electron chi connectivity index (χ4n) is 5.13. The van der Waals surface area contributed by atoms with E-state index in [0.717, 1.165) is 19.1 Å². The van der Waals surface area contributed by atoms with Crippen LogP contribution in [0.1, 0.15) is 52.4 Å². The molecule has 0 aromatic carbocycles. The second-order valence-corrected chi connectivity index (χ2v) is 8.15. The maximum Gasteiger partial charge on any atom is 0.0690 e. The molecule has 3 heteroatoms. The van der Waals surface area contributed by atoms with Gasteiger partial charge in [0, 0.05) is 36.6 Å². The first-order valence-corrected chi connectivity index (χ1v) is 8.54. The monoisotopic (exact) mass is 280 g/mol. The highest BCUT2D eigenvalue weighted by Crippen LogP contribution is 2.57. The number of nitrogens with zero attached hydrogens (tertiary/aromatic N) is 1. The number of ether oxygens (including phenoxy) is 1. The third-order valence-corrected chi connectivity index (χ3v) is 6.47. The van der Waals surface area contributed by atoms with E-state index in [2.05, 4.69) is 25.8 Å². The lowest BCUT2D eigenvalue weighted by Gasteiger charge is -2.67. The second-order valence-electron chi connectivity index (χ2n) is 8.15. The number of fused-ring (bicyclic) bond motifs is 1. The lowest BCUT2D eigenvalue weighted by Crippen LogP contribution is -2.80. The molecule has 3 atom stereocenters. The third kappa shape index (κ3) is 2.22. The Kier molecular flexibility index (Phi) is 3.89. The smallest absolute Gasteiger partial charge is 0.0690 e. The van der Waals surface area contributed by atoms with Crippen LogP contribution in [0, 0.1) is 17.3 Å². The Morgan fingerprint density at radius 1 is 1.15 bits per heavy atom. The first kappa shape index (κ1) is 14.8. The standard InChI is InChI=1S/C17H32N2O/c1-16(2)15-14(9-6-10-20-15)17(16,18)12-19(3)11-13-7-4-5-8-13/h13-15H,4-12,18H2,1-3H3. The molecule has 0 bridgehead atoms. The molecule has 0 spiro atoms. The molecule has 3 unspecified atom stereocenters. The number of hydrogen-bond acceptors (Lipinski definition) is 3. The van der Waals surface area contributed by atoms with Crippen molar-refractivity contribution in [1.29, 1.82) is 0 Å². The van der Waals surface area contributed by atoms with Gasteiger partial charge >= 0.3 is 0 Å². The van der Waals surface area contributed by atoms with Crippen LogP contribution in [0.15, 0.2) is 0 Å². The molecule has 2 aliphatic carbocycles. The Morgan fingerprint density at radius 2 is 1.85 bits per heavy atom. The summed E-state index contributed by atoms with van der Waals surface area (Å²) in [6.07, 6.45) is 8.51. The average molecular weight is 280 g/mol. The maximum atomic E-state index is 6.89. The summed E-state index contributed by atoms with van der Waals surface area (Å²) in [5.41, 5.74) is 6.94. The third-order valence-electron chi connectivity index (χ3n) is 6.47. The van der Waals surface area contributed by atoms with Gasteiger partial charge in [-0.3, -0.25) is 0 Å². The first-order valence-electron chi connectivity index (χ1n) is 8.54. The maximum absolute atomic E-state index is 6.89. The van der Waals surface area contributed by atoms with E-state index >= 15 is 0 Å². The van der Waals surface area contributed by atoms with Crippen molar-refractivity contribution >= 4 is 0 Å². The van der Waals surface area contributed by atoms with Crippen molar-refractivity contribution in [2.75, 3.05) is 26.7 Å². The van der Waals surface area contributed by atoms with Gasteiger partial charge in [0.25, 0.3) is 0 Å². The first-order chi connectivity index (χ1) is 9.45. The average Bonchev–Trinajstić information content (AvgIpc) is 2.91. The number of rotatable bonds is 4. The molecule has 3 nitrogen and oxygen atoms in total. The summed E-state index contributed by atoms with van der Waals surface area (Å²) in [6.45, 7) is 7.80. The van der Waals surface area contributed by atoms with Crippen LogP contribution < -0.4 is 5.73 Å². The van der Waals surface area contributed by atoms with Gasteiger partial charge in [0.1, 0.15) is 0 Å². The second kappa shape index (κ2) is 5.26. The van der Waals surface area contributed by atoms with E-state index in [1.807, 2.05) is 0 Å². The number of hydrogen-bond donors (Lipinski definition) is 1. The van der Waals surface area contributed by atoms with Crippen molar-refractivity contribution in [2.24, 2.45) is 23.0 Å². The summed E-state index contributed by atoms with van der Waals surface area (Å²) in [4.78, 5) is 2.50. The van der Waals surface area contributed by atoms with E-state index in [1.54, 1.807) is 0 Å². The molecule has 3 fully saturated rings. The van der Waals surface area contributed by atoms with Crippen LogP contribution in [0.25, 0.3) is 0 Å². The molecule has 20 heavy (non-hydrogen) atoms. The highest BCUT2D eigenvalue weighted by molar-refractivity contribution is 5.20. The molecule has 2 N–H and O–H groups in total. The largest absolute Gasteiger partial charge is 0.377 e. The van der Waals surface area contributed by atoms with Gasteiger partial charge in [0.2, 0.25) is 0 Å². The fraction of sp³-hybridized carbons (Fsp3) is 1.00. The van der Waals surface area contributed by atoms with Gasteiger partial charge in [-0.15, -0.1) is 0 Å². The molecule has 2 saturated carbocycles. The molecule has 3 aliphatic rings. The van der Waals surface area contributed by atoms with E-state index in [0.29, 0.717) is 12.0 Å². The summed E-state index contributed by atoms with van der Waals surface area (Å²) in [5, 5.41) is 0. The van der Waals surface area contributed by atoms with Gasteiger partial charge in [0.15, 0.2) is 0 Å². The predicted octanol–water partition coefficient (Wildman–Crippen LogP) is 2.64. The van der Waals surface area contributed by atoms with Crippen molar-refractivity contribution < 1.29 is 4.74 Å². The van der Waals surface area contributed by atoms with E-state index < -0.39 is 0 Å². The van der Waals surface area contributed by atoms with Crippen LogP contribution in [0.3, 0.4) is 0 Å². The zero-order chi connectivity index (χ0) is 14.4. The Bertz CT molecular complexity index is 351. The molecule has 116 valence electrons. The highest BCUT2D eigenvalue weighted by Gasteiger charge is 2.66. The van der Waals surface area contributed by atoms with Crippen molar-refractivity contribution in [1.82, 2.24) is 4.90 Å². The van der Waals surface area contributed by atoms with Gasteiger partial charge < -0.3 is 15.4 Å². The normalized spacial score (nSPS) is 40.6. The van der Waals surface area contributed by atoms with E-state index in [-0.39, 0.29) is 11.0 Å². The molecule has 1 aliphatic heterocycles. The lowest BCUT2D eigenvalue weighted by molar-refractivity contribution is -0.231. The molecular weight excluding hydrogens is 248 g/mol. The molecular formula is C17H32N2O. The topological polar surface area (TPSA) is 38.5 Å². The zero-order valence-corrected chi connectivity index (χ0v) is 13.5.